The molecule has 1 aromatic rings. The summed E-state index contributed by atoms with van der Waals surface area (Å²) in [5.74, 6) is 0.293. The highest BCUT2D eigenvalue weighted by Crippen LogP contribution is 2.33. The molecule has 114 valence electrons. The zero-order valence-corrected chi connectivity index (χ0v) is 12.2. The lowest BCUT2D eigenvalue weighted by Gasteiger charge is -2.34. The predicted octanol–water partition coefficient (Wildman–Crippen LogP) is 2.13. The summed E-state index contributed by atoms with van der Waals surface area (Å²) in [6.07, 6.45) is 2.63. The summed E-state index contributed by atoms with van der Waals surface area (Å²) in [6.45, 7) is 7.54. The van der Waals surface area contributed by atoms with Gasteiger partial charge in [0.1, 0.15) is 0 Å². The largest absolute Gasteiger partial charge is 0.490 e. The topological polar surface area (TPSA) is 67.6 Å². The lowest BCUT2D eigenvalue weighted by atomic mass is 10.00. The van der Waals surface area contributed by atoms with Gasteiger partial charge in [-0.05, 0) is 18.1 Å². The van der Waals surface area contributed by atoms with Crippen molar-refractivity contribution in [2.45, 2.75) is 12.5 Å². The van der Waals surface area contributed by atoms with Crippen LogP contribution in [0.2, 0.25) is 0 Å². The summed E-state index contributed by atoms with van der Waals surface area (Å²) in [5, 5.41) is 14.5. The number of nitro groups is 1. The van der Waals surface area contributed by atoms with Crippen LogP contribution in [-0.4, -0.2) is 43.1 Å². The zero-order chi connectivity index (χ0) is 15.2. The zero-order valence-electron chi connectivity index (χ0n) is 12.2. The molecule has 0 aromatic heterocycles. The van der Waals surface area contributed by atoms with E-state index in [1.807, 2.05) is 12.1 Å². The molecule has 1 N–H and O–H groups in total. The number of nitrogens with one attached hydrogen (secondary N) is 1. The maximum Gasteiger partial charge on any atom is 0.311 e. The summed E-state index contributed by atoms with van der Waals surface area (Å²) < 4.78 is 5.06. The van der Waals surface area contributed by atoms with Crippen molar-refractivity contribution in [3.63, 3.8) is 0 Å². The number of rotatable bonds is 6. The van der Waals surface area contributed by atoms with Gasteiger partial charge in [0, 0.05) is 38.3 Å². The van der Waals surface area contributed by atoms with Gasteiger partial charge in [0.05, 0.1) is 12.0 Å². The van der Waals surface area contributed by atoms with E-state index in [0.717, 1.165) is 38.2 Å². The SMILES string of the molecule is C=CC[C@H](c1ccc(OC)c([N+](=O)[O-])c1)N1CCNCC1. The van der Waals surface area contributed by atoms with Crippen LogP contribution in [0.3, 0.4) is 0 Å². The first-order chi connectivity index (χ1) is 10.2. The smallest absolute Gasteiger partial charge is 0.311 e. The van der Waals surface area contributed by atoms with E-state index < -0.39 is 4.92 Å². The van der Waals surface area contributed by atoms with Crippen molar-refractivity contribution in [1.29, 1.82) is 0 Å². The molecule has 1 aromatic carbocycles. The van der Waals surface area contributed by atoms with Gasteiger partial charge in [-0.25, -0.2) is 0 Å². The van der Waals surface area contributed by atoms with Crippen LogP contribution in [0.4, 0.5) is 5.69 Å². The van der Waals surface area contributed by atoms with Gasteiger partial charge in [0.25, 0.3) is 0 Å². The molecule has 21 heavy (non-hydrogen) atoms. The second-order valence-electron chi connectivity index (χ2n) is 5.01. The van der Waals surface area contributed by atoms with Crippen molar-refractivity contribution >= 4 is 5.69 Å². The second kappa shape index (κ2) is 7.19. The van der Waals surface area contributed by atoms with Gasteiger partial charge in [-0.3, -0.25) is 15.0 Å². The van der Waals surface area contributed by atoms with E-state index in [9.17, 15) is 10.1 Å². The van der Waals surface area contributed by atoms with Gasteiger partial charge in [-0.1, -0.05) is 12.1 Å². The molecule has 1 heterocycles. The number of ether oxygens (including phenoxy) is 1. The van der Waals surface area contributed by atoms with Gasteiger partial charge in [-0.2, -0.15) is 0 Å². The molecule has 0 bridgehead atoms. The van der Waals surface area contributed by atoms with E-state index in [1.165, 1.54) is 7.11 Å². The minimum atomic E-state index is -0.398. The van der Waals surface area contributed by atoms with Crippen molar-refractivity contribution in [1.82, 2.24) is 10.2 Å². The van der Waals surface area contributed by atoms with Crippen LogP contribution < -0.4 is 10.1 Å². The Hall–Kier alpha value is -1.92. The van der Waals surface area contributed by atoms with E-state index in [0.29, 0.717) is 5.75 Å². The minimum Gasteiger partial charge on any atom is -0.490 e. The molecular weight excluding hydrogens is 270 g/mol. The molecule has 0 radical (unpaired) electrons. The van der Waals surface area contributed by atoms with Crippen molar-refractivity contribution < 1.29 is 9.66 Å². The Kier molecular flexibility index (Phi) is 5.30. The third-order valence-corrected chi connectivity index (χ3v) is 3.77. The van der Waals surface area contributed by atoms with Crippen LogP contribution in [0.15, 0.2) is 30.9 Å². The average Bonchev–Trinajstić information content (AvgIpc) is 2.52. The average molecular weight is 291 g/mol. The summed E-state index contributed by atoms with van der Waals surface area (Å²) in [6, 6.07) is 5.32. The molecule has 1 atom stereocenters. The fourth-order valence-electron chi connectivity index (χ4n) is 2.70. The van der Waals surface area contributed by atoms with E-state index in [4.69, 9.17) is 4.74 Å². The second-order valence-corrected chi connectivity index (χ2v) is 5.01. The van der Waals surface area contributed by atoms with E-state index in [1.54, 1.807) is 12.1 Å². The first kappa shape index (κ1) is 15.5. The Morgan fingerprint density at radius 2 is 2.24 bits per heavy atom. The quantitative estimate of drug-likeness (QED) is 0.494. The molecule has 1 saturated heterocycles. The lowest BCUT2D eigenvalue weighted by molar-refractivity contribution is -0.385. The molecule has 0 amide bonds. The normalized spacial score (nSPS) is 17.2. The van der Waals surface area contributed by atoms with Crippen molar-refractivity contribution in [3.8, 4) is 5.75 Å². The maximum absolute atomic E-state index is 11.2. The van der Waals surface area contributed by atoms with Gasteiger partial charge < -0.3 is 10.1 Å². The number of nitro benzene ring substituents is 1. The Labute approximate surface area is 124 Å². The van der Waals surface area contributed by atoms with Gasteiger partial charge in [0.2, 0.25) is 0 Å². The van der Waals surface area contributed by atoms with Crippen molar-refractivity contribution in [2.24, 2.45) is 0 Å². The summed E-state index contributed by atoms with van der Waals surface area (Å²) >= 11 is 0. The van der Waals surface area contributed by atoms with Crippen molar-refractivity contribution in [2.75, 3.05) is 33.3 Å². The first-order valence-corrected chi connectivity index (χ1v) is 7.05. The fourth-order valence-corrected chi connectivity index (χ4v) is 2.70. The van der Waals surface area contributed by atoms with Crippen molar-refractivity contribution in [3.05, 3.63) is 46.5 Å². The van der Waals surface area contributed by atoms with Gasteiger partial charge >= 0.3 is 5.69 Å². The van der Waals surface area contributed by atoms with Crippen LogP contribution in [0.5, 0.6) is 5.75 Å². The molecule has 2 rings (SSSR count). The third kappa shape index (κ3) is 3.59. The standard InChI is InChI=1S/C15H21N3O3/c1-3-4-13(17-9-7-16-8-10-17)12-5-6-15(21-2)14(11-12)18(19)20/h3,5-6,11,13,16H,1,4,7-10H2,2H3/t13-/m1/s1. The molecule has 1 aliphatic rings. The van der Waals surface area contributed by atoms with Gasteiger partial charge in [-0.15, -0.1) is 6.58 Å². The van der Waals surface area contributed by atoms with Crippen LogP contribution in [0.25, 0.3) is 0 Å². The molecule has 0 aliphatic carbocycles. The molecule has 0 unspecified atom stereocenters. The number of benzene rings is 1. The minimum absolute atomic E-state index is 0.0131. The number of hydrogen-bond acceptors (Lipinski definition) is 5. The van der Waals surface area contributed by atoms with Crippen LogP contribution >= 0.6 is 0 Å². The first-order valence-electron chi connectivity index (χ1n) is 7.05. The molecule has 0 spiro atoms. The Bertz CT molecular complexity index is 513. The summed E-state index contributed by atoms with van der Waals surface area (Å²) in [5.41, 5.74) is 0.948. The maximum atomic E-state index is 11.2. The number of hydrogen-bond donors (Lipinski definition) is 1. The van der Waals surface area contributed by atoms with E-state index >= 15 is 0 Å². The van der Waals surface area contributed by atoms with Gasteiger partial charge in [0.15, 0.2) is 5.75 Å². The molecular formula is C15H21N3O3. The highest BCUT2D eigenvalue weighted by atomic mass is 16.6. The molecule has 6 heteroatoms. The number of methoxy groups -OCH3 is 1. The van der Waals surface area contributed by atoms with E-state index in [2.05, 4.69) is 16.8 Å². The molecule has 6 nitrogen and oxygen atoms in total. The highest BCUT2D eigenvalue weighted by Gasteiger charge is 2.24. The molecule has 1 fully saturated rings. The fraction of sp³-hybridized carbons (Fsp3) is 0.467. The van der Waals surface area contributed by atoms with Crippen LogP contribution in [-0.2, 0) is 0 Å². The van der Waals surface area contributed by atoms with E-state index in [-0.39, 0.29) is 11.7 Å². The highest BCUT2D eigenvalue weighted by molar-refractivity contribution is 5.49. The molecule has 0 saturated carbocycles. The molecule has 1 aliphatic heterocycles. The van der Waals surface area contributed by atoms with Crippen LogP contribution in [0, 0.1) is 10.1 Å². The third-order valence-electron chi connectivity index (χ3n) is 3.77. The summed E-state index contributed by atoms with van der Waals surface area (Å²) in [7, 11) is 1.44. The number of nitrogens with zero attached hydrogens (tertiary/aromatic N) is 2. The Balaban J connectivity index is 2.32. The Morgan fingerprint density at radius 3 is 2.81 bits per heavy atom. The monoisotopic (exact) mass is 291 g/mol. The summed E-state index contributed by atoms with van der Waals surface area (Å²) in [4.78, 5) is 13.1. The van der Waals surface area contributed by atoms with Crippen LogP contribution in [0.1, 0.15) is 18.0 Å². The predicted molar refractivity (Wildman–Crippen MR) is 81.6 cm³/mol. The number of piperazine rings is 1. The lowest BCUT2D eigenvalue weighted by Crippen LogP contribution is -2.45. The Morgan fingerprint density at radius 1 is 1.52 bits per heavy atom.